The predicted octanol–water partition coefficient (Wildman–Crippen LogP) is 2.18. The number of hydrogen-bond donors (Lipinski definition) is 2. The average Bonchev–Trinajstić information content (AvgIpc) is 2.43. The number of hydrogen-bond acceptors (Lipinski definition) is 3. The largest absolute Gasteiger partial charge is 0.480 e. The molecule has 112 valence electrons. The van der Waals surface area contributed by atoms with Crippen molar-refractivity contribution in [1.29, 1.82) is 0 Å². The van der Waals surface area contributed by atoms with Gasteiger partial charge in [0.1, 0.15) is 5.75 Å². The zero-order chi connectivity index (χ0) is 15.0. The molecule has 0 radical (unpaired) electrons. The average molecular weight is 278 g/mol. The lowest BCUT2D eigenvalue weighted by atomic mass is 10.1. The van der Waals surface area contributed by atoms with Crippen LogP contribution in [0, 0.1) is 6.92 Å². The SMILES string of the molecule is CCCCNC(=O)C(C)Oc1c(C)cccc1CCN. The van der Waals surface area contributed by atoms with Gasteiger partial charge in [0, 0.05) is 6.54 Å². The van der Waals surface area contributed by atoms with E-state index in [9.17, 15) is 4.79 Å². The van der Waals surface area contributed by atoms with Crippen LogP contribution in [0.25, 0.3) is 0 Å². The van der Waals surface area contributed by atoms with Gasteiger partial charge in [-0.3, -0.25) is 4.79 Å². The van der Waals surface area contributed by atoms with Gasteiger partial charge in [-0.05, 0) is 44.4 Å². The molecule has 1 aromatic rings. The fraction of sp³-hybridized carbons (Fsp3) is 0.562. The molecule has 1 atom stereocenters. The van der Waals surface area contributed by atoms with Gasteiger partial charge in [-0.15, -0.1) is 0 Å². The number of nitrogens with two attached hydrogens (primary N) is 1. The zero-order valence-corrected chi connectivity index (χ0v) is 12.7. The normalized spacial score (nSPS) is 12.0. The highest BCUT2D eigenvalue weighted by molar-refractivity contribution is 5.80. The number of carbonyl (C=O) groups is 1. The number of aryl methyl sites for hydroxylation is 1. The van der Waals surface area contributed by atoms with E-state index in [0.717, 1.165) is 36.1 Å². The summed E-state index contributed by atoms with van der Waals surface area (Å²) in [5.74, 6) is 0.719. The molecule has 1 amide bonds. The molecule has 0 spiro atoms. The topological polar surface area (TPSA) is 64.3 Å². The number of para-hydroxylation sites is 1. The van der Waals surface area contributed by atoms with Crippen LogP contribution in [0.5, 0.6) is 5.75 Å². The number of rotatable bonds is 8. The minimum absolute atomic E-state index is 0.0691. The zero-order valence-electron chi connectivity index (χ0n) is 12.7. The molecule has 0 aliphatic rings. The van der Waals surface area contributed by atoms with E-state index in [-0.39, 0.29) is 5.91 Å². The second-order valence-corrected chi connectivity index (χ2v) is 5.01. The summed E-state index contributed by atoms with van der Waals surface area (Å²) in [6.07, 6.45) is 2.31. The minimum Gasteiger partial charge on any atom is -0.480 e. The summed E-state index contributed by atoms with van der Waals surface area (Å²) in [7, 11) is 0. The molecule has 1 aromatic carbocycles. The molecule has 0 aliphatic carbocycles. The fourth-order valence-corrected chi connectivity index (χ4v) is 2.00. The Labute approximate surface area is 121 Å². The van der Waals surface area contributed by atoms with Gasteiger partial charge in [-0.2, -0.15) is 0 Å². The van der Waals surface area contributed by atoms with Crippen molar-refractivity contribution in [3.05, 3.63) is 29.3 Å². The van der Waals surface area contributed by atoms with Crippen molar-refractivity contribution in [2.75, 3.05) is 13.1 Å². The first-order valence-electron chi connectivity index (χ1n) is 7.33. The summed E-state index contributed by atoms with van der Waals surface area (Å²) in [6, 6.07) is 5.97. The van der Waals surface area contributed by atoms with Crippen LogP contribution in [0.4, 0.5) is 0 Å². The summed E-state index contributed by atoms with van der Waals surface area (Å²) in [4.78, 5) is 11.9. The van der Waals surface area contributed by atoms with Crippen LogP contribution in [-0.2, 0) is 11.2 Å². The molecule has 0 aromatic heterocycles. The summed E-state index contributed by atoms with van der Waals surface area (Å²) < 4.78 is 5.85. The Balaban J connectivity index is 2.69. The molecule has 3 N–H and O–H groups in total. The Hall–Kier alpha value is -1.55. The second-order valence-electron chi connectivity index (χ2n) is 5.01. The van der Waals surface area contributed by atoms with E-state index >= 15 is 0 Å². The predicted molar refractivity (Wildman–Crippen MR) is 81.9 cm³/mol. The van der Waals surface area contributed by atoms with E-state index in [1.165, 1.54) is 0 Å². The Bertz CT molecular complexity index is 432. The van der Waals surface area contributed by atoms with E-state index in [1.54, 1.807) is 6.92 Å². The third-order valence-electron chi connectivity index (χ3n) is 3.20. The molecule has 0 saturated heterocycles. The summed E-state index contributed by atoms with van der Waals surface area (Å²) in [5, 5.41) is 2.89. The smallest absolute Gasteiger partial charge is 0.260 e. The first-order chi connectivity index (χ1) is 9.60. The Kier molecular flexibility index (Phi) is 7.09. The van der Waals surface area contributed by atoms with Crippen molar-refractivity contribution in [2.45, 2.75) is 46.1 Å². The number of unbranched alkanes of at least 4 members (excludes halogenated alkanes) is 1. The second kappa shape index (κ2) is 8.59. The number of ether oxygens (including phenoxy) is 1. The number of benzene rings is 1. The van der Waals surface area contributed by atoms with Crippen LogP contribution in [0.3, 0.4) is 0 Å². The molecule has 0 fully saturated rings. The lowest BCUT2D eigenvalue weighted by Gasteiger charge is -2.19. The molecule has 4 nitrogen and oxygen atoms in total. The van der Waals surface area contributed by atoms with Crippen molar-refractivity contribution in [2.24, 2.45) is 5.73 Å². The molecule has 0 bridgehead atoms. The van der Waals surface area contributed by atoms with Crippen molar-refractivity contribution in [3.63, 3.8) is 0 Å². The molecule has 0 aliphatic heterocycles. The lowest BCUT2D eigenvalue weighted by Crippen LogP contribution is -2.37. The molecule has 4 heteroatoms. The van der Waals surface area contributed by atoms with Crippen molar-refractivity contribution in [3.8, 4) is 5.75 Å². The molecule has 1 unspecified atom stereocenters. The van der Waals surface area contributed by atoms with Gasteiger partial charge < -0.3 is 15.8 Å². The molecule has 20 heavy (non-hydrogen) atoms. The first-order valence-corrected chi connectivity index (χ1v) is 7.33. The minimum atomic E-state index is -0.496. The number of carbonyl (C=O) groups excluding carboxylic acids is 1. The van der Waals surface area contributed by atoms with Crippen LogP contribution < -0.4 is 15.8 Å². The van der Waals surface area contributed by atoms with Crippen molar-refractivity contribution < 1.29 is 9.53 Å². The van der Waals surface area contributed by atoms with Crippen LogP contribution >= 0.6 is 0 Å². The Morgan fingerprint density at radius 1 is 1.45 bits per heavy atom. The van der Waals surface area contributed by atoms with Gasteiger partial charge >= 0.3 is 0 Å². The van der Waals surface area contributed by atoms with Gasteiger partial charge in [0.2, 0.25) is 0 Å². The van der Waals surface area contributed by atoms with Gasteiger partial charge in [0.15, 0.2) is 6.10 Å². The van der Waals surface area contributed by atoms with Gasteiger partial charge in [-0.1, -0.05) is 31.5 Å². The van der Waals surface area contributed by atoms with Gasteiger partial charge in [0.05, 0.1) is 0 Å². The Morgan fingerprint density at radius 3 is 2.85 bits per heavy atom. The number of amides is 1. The monoisotopic (exact) mass is 278 g/mol. The molecule has 1 rings (SSSR count). The number of nitrogens with one attached hydrogen (secondary N) is 1. The summed E-state index contributed by atoms with van der Waals surface area (Å²) in [6.45, 7) is 7.12. The van der Waals surface area contributed by atoms with Crippen molar-refractivity contribution >= 4 is 5.91 Å². The Morgan fingerprint density at radius 2 is 2.20 bits per heavy atom. The highest BCUT2D eigenvalue weighted by Gasteiger charge is 2.16. The maximum atomic E-state index is 11.9. The van der Waals surface area contributed by atoms with Crippen LogP contribution in [0.15, 0.2) is 18.2 Å². The summed E-state index contributed by atoms with van der Waals surface area (Å²) in [5.41, 5.74) is 7.70. The van der Waals surface area contributed by atoms with Crippen LogP contribution in [-0.4, -0.2) is 25.1 Å². The van der Waals surface area contributed by atoms with E-state index in [2.05, 4.69) is 12.2 Å². The van der Waals surface area contributed by atoms with E-state index < -0.39 is 6.10 Å². The third kappa shape index (κ3) is 4.85. The maximum Gasteiger partial charge on any atom is 0.260 e. The third-order valence-corrected chi connectivity index (χ3v) is 3.20. The molecule has 0 saturated carbocycles. The molecular weight excluding hydrogens is 252 g/mol. The van der Waals surface area contributed by atoms with Gasteiger partial charge in [-0.25, -0.2) is 0 Å². The molecular formula is C16H26N2O2. The highest BCUT2D eigenvalue weighted by Crippen LogP contribution is 2.24. The molecule has 0 heterocycles. The van der Waals surface area contributed by atoms with Crippen LogP contribution in [0.1, 0.15) is 37.8 Å². The first kappa shape index (κ1) is 16.5. The van der Waals surface area contributed by atoms with Gasteiger partial charge in [0.25, 0.3) is 5.91 Å². The quantitative estimate of drug-likeness (QED) is 0.716. The summed E-state index contributed by atoms with van der Waals surface area (Å²) >= 11 is 0. The van der Waals surface area contributed by atoms with E-state index in [4.69, 9.17) is 10.5 Å². The van der Waals surface area contributed by atoms with E-state index in [1.807, 2.05) is 25.1 Å². The fourth-order valence-electron chi connectivity index (χ4n) is 2.00. The lowest BCUT2D eigenvalue weighted by molar-refractivity contribution is -0.127. The van der Waals surface area contributed by atoms with Crippen molar-refractivity contribution in [1.82, 2.24) is 5.32 Å². The van der Waals surface area contributed by atoms with E-state index in [0.29, 0.717) is 13.1 Å². The highest BCUT2D eigenvalue weighted by atomic mass is 16.5. The maximum absolute atomic E-state index is 11.9. The van der Waals surface area contributed by atoms with Crippen LogP contribution in [0.2, 0.25) is 0 Å². The standard InChI is InChI=1S/C16H26N2O2/c1-4-5-11-18-16(19)13(3)20-15-12(2)7-6-8-14(15)9-10-17/h6-8,13H,4-5,9-11,17H2,1-3H3,(H,18,19).